The van der Waals surface area contributed by atoms with E-state index in [-0.39, 0.29) is 12.2 Å². The first-order valence-corrected chi connectivity index (χ1v) is 5.65. The van der Waals surface area contributed by atoms with Crippen LogP contribution in [-0.2, 0) is 6.54 Å². The number of carbonyl (C=O) groups excluding carboxylic acids is 1. The number of benzene rings is 1. The molecule has 0 bridgehead atoms. The van der Waals surface area contributed by atoms with Crippen LogP contribution in [0.2, 0.25) is 0 Å². The summed E-state index contributed by atoms with van der Waals surface area (Å²) in [5.41, 5.74) is 0.0611. The molecule has 1 aromatic carbocycles. The zero-order valence-electron chi connectivity index (χ0n) is 10.2. The van der Waals surface area contributed by atoms with Crippen LogP contribution < -0.4 is 10.6 Å². The first-order chi connectivity index (χ1) is 9.58. The van der Waals surface area contributed by atoms with Gasteiger partial charge in [-0.25, -0.2) is 14.0 Å². The second-order valence-electron chi connectivity index (χ2n) is 3.91. The average Bonchev–Trinajstić information content (AvgIpc) is 2.89. The number of urea groups is 1. The van der Waals surface area contributed by atoms with Gasteiger partial charge in [-0.05, 0) is 18.2 Å². The largest absolute Gasteiger partial charge is 0.478 e. The molecule has 20 heavy (non-hydrogen) atoms. The van der Waals surface area contributed by atoms with Crippen molar-refractivity contribution in [3.63, 3.8) is 0 Å². The molecule has 6 nitrogen and oxygen atoms in total. The summed E-state index contributed by atoms with van der Waals surface area (Å²) in [5, 5.41) is 13.7. The summed E-state index contributed by atoms with van der Waals surface area (Å²) in [6.45, 7) is 0.208. The average molecular weight is 278 g/mol. The van der Waals surface area contributed by atoms with E-state index in [1.165, 1.54) is 24.7 Å². The molecule has 0 aliphatic heterocycles. The minimum absolute atomic E-state index is 0.109. The predicted octanol–water partition coefficient (Wildman–Crippen LogP) is 2.44. The third-order valence-corrected chi connectivity index (χ3v) is 2.51. The van der Waals surface area contributed by atoms with E-state index in [9.17, 15) is 14.0 Å². The van der Waals surface area contributed by atoms with Crippen LogP contribution in [0, 0.1) is 5.82 Å². The van der Waals surface area contributed by atoms with E-state index in [2.05, 4.69) is 10.6 Å². The van der Waals surface area contributed by atoms with Crippen molar-refractivity contribution in [3.8, 4) is 0 Å². The van der Waals surface area contributed by atoms with Crippen molar-refractivity contribution >= 4 is 17.7 Å². The van der Waals surface area contributed by atoms with Crippen molar-refractivity contribution in [2.75, 3.05) is 5.32 Å². The number of halogens is 1. The number of rotatable bonds is 4. The fourth-order valence-corrected chi connectivity index (χ4v) is 1.59. The van der Waals surface area contributed by atoms with E-state index in [1.54, 1.807) is 6.07 Å². The predicted molar refractivity (Wildman–Crippen MR) is 67.9 cm³/mol. The van der Waals surface area contributed by atoms with Gasteiger partial charge in [0.25, 0.3) is 0 Å². The Balaban J connectivity index is 2.04. The molecular weight excluding hydrogens is 267 g/mol. The Morgan fingerprint density at radius 3 is 2.75 bits per heavy atom. The SMILES string of the molecule is O=C(NCc1ccoc1)Nc1cccc(F)c1C(=O)O. The lowest BCUT2D eigenvalue weighted by molar-refractivity contribution is 0.0693. The molecule has 7 heteroatoms. The molecular formula is C13H11FN2O4. The molecule has 0 fully saturated rings. The molecule has 2 rings (SSSR count). The highest BCUT2D eigenvalue weighted by Gasteiger charge is 2.17. The van der Waals surface area contributed by atoms with Gasteiger partial charge < -0.3 is 20.2 Å². The van der Waals surface area contributed by atoms with Crippen LogP contribution in [0.5, 0.6) is 0 Å². The van der Waals surface area contributed by atoms with Crippen LogP contribution >= 0.6 is 0 Å². The maximum absolute atomic E-state index is 13.4. The van der Waals surface area contributed by atoms with Gasteiger partial charge in [-0.3, -0.25) is 0 Å². The summed E-state index contributed by atoms with van der Waals surface area (Å²) >= 11 is 0. The van der Waals surface area contributed by atoms with Crippen molar-refractivity contribution < 1.29 is 23.5 Å². The second kappa shape index (κ2) is 5.87. The molecule has 0 saturated heterocycles. The highest BCUT2D eigenvalue weighted by atomic mass is 19.1. The molecule has 0 atom stereocenters. The van der Waals surface area contributed by atoms with Crippen molar-refractivity contribution in [1.82, 2.24) is 5.32 Å². The Morgan fingerprint density at radius 1 is 1.30 bits per heavy atom. The normalized spacial score (nSPS) is 10.1. The number of carboxylic acids is 1. The van der Waals surface area contributed by atoms with Crippen molar-refractivity contribution in [1.29, 1.82) is 0 Å². The molecule has 2 aromatic rings. The van der Waals surface area contributed by atoms with E-state index in [4.69, 9.17) is 9.52 Å². The zero-order chi connectivity index (χ0) is 14.5. The number of carbonyl (C=O) groups is 2. The number of carboxylic acid groups (broad SMARTS) is 1. The van der Waals surface area contributed by atoms with Gasteiger partial charge in [-0.15, -0.1) is 0 Å². The summed E-state index contributed by atoms with van der Waals surface area (Å²) in [6, 6.07) is 4.67. The van der Waals surface area contributed by atoms with E-state index in [0.717, 1.165) is 11.6 Å². The van der Waals surface area contributed by atoms with Gasteiger partial charge in [-0.2, -0.15) is 0 Å². The van der Waals surface area contributed by atoms with Gasteiger partial charge in [0, 0.05) is 12.1 Å². The van der Waals surface area contributed by atoms with Crippen LogP contribution in [-0.4, -0.2) is 17.1 Å². The summed E-state index contributed by atoms with van der Waals surface area (Å²) in [6.07, 6.45) is 2.93. The fourth-order valence-electron chi connectivity index (χ4n) is 1.59. The van der Waals surface area contributed by atoms with Crippen molar-refractivity contribution in [3.05, 3.63) is 53.7 Å². The minimum atomic E-state index is -1.45. The Kier molecular flexibility index (Phi) is 3.99. The van der Waals surface area contributed by atoms with E-state index in [0.29, 0.717) is 0 Å². The number of furan rings is 1. The molecule has 1 heterocycles. The Labute approximate surface area is 113 Å². The molecule has 0 saturated carbocycles. The molecule has 2 amide bonds. The number of amides is 2. The van der Waals surface area contributed by atoms with E-state index < -0.39 is 23.4 Å². The summed E-state index contributed by atoms with van der Waals surface area (Å²) < 4.78 is 18.2. The highest BCUT2D eigenvalue weighted by molar-refractivity contribution is 6.00. The first-order valence-electron chi connectivity index (χ1n) is 5.65. The molecule has 0 spiro atoms. The molecule has 3 N–H and O–H groups in total. The lowest BCUT2D eigenvalue weighted by Crippen LogP contribution is -2.29. The Morgan fingerprint density at radius 2 is 2.10 bits per heavy atom. The number of hydrogen-bond donors (Lipinski definition) is 3. The number of anilines is 1. The van der Waals surface area contributed by atoms with Gasteiger partial charge in [0.05, 0.1) is 18.2 Å². The van der Waals surface area contributed by atoms with Gasteiger partial charge in [-0.1, -0.05) is 6.07 Å². The van der Waals surface area contributed by atoms with Crippen LogP contribution in [0.15, 0.2) is 41.2 Å². The topological polar surface area (TPSA) is 91.6 Å². The molecule has 0 unspecified atom stereocenters. The van der Waals surface area contributed by atoms with Crippen LogP contribution in [0.3, 0.4) is 0 Å². The molecule has 1 aromatic heterocycles. The molecule has 0 aliphatic carbocycles. The van der Waals surface area contributed by atoms with Gasteiger partial charge in [0.15, 0.2) is 0 Å². The Bertz CT molecular complexity index is 625. The minimum Gasteiger partial charge on any atom is -0.478 e. The highest BCUT2D eigenvalue weighted by Crippen LogP contribution is 2.18. The Hall–Kier alpha value is -2.83. The maximum Gasteiger partial charge on any atom is 0.340 e. The molecule has 0 aliphatic rings. The smallest absolute Gasteiger partial charge is 0.340 e. The molecule has 0 radical (unpaired) electrons. The summed E-state index contributed by atoms with van der Waals surface area (Å²) in [4.78, 5) is 22.6. The lowest BCUT2D eigenvalue weighted by atomic mass is 10.1. The van der Waals surface area contributed by atoms with Crippen molar-refractivity contribution in [2.45, 2.75) is 6.54 Å². The number of hydrogen-bond acceptors (Lipinski definition) is 3. The van der Waals surface area contributed by atoms with Gasteiger partial charge >= 0.3 is 12.0 Å². The van der Waals surface area contributed by atoms with Crippen LogP contribution in [0.1, 0.15) is 15.9 Å². The lowest BCUT2D eigenvalue weighted by Gasteiger charge is -2.09. The van der Waals surface area contributed by atoms with E-state index in [1.807, 2.05) is 0 Å². The van der Waals surface area contributed by atoms with E-state index >= 15 is 0 Å². The quantitative estimate of drug-likeness (QED) is 0.801. The zero-order valence-corrected chi connectivity index (χ0v) is 10.2. The van der Waals surface area contributed by atoms with Gasteiger partial charge in [0.2, 0.25) is 0 Å². The standard InChI is InChI=1S/C13H11FN2O4/c14-9-2-1-3-10(11(9)12(17)18)16-13(19)15-6-8-4-5-20-7-8/h1-5,7H,6H2,(H,17,18)(H2,15,16,19). The van der Waals surface area contributed by atoms with Crippen molar-refractivity contribution in [2.24, 2.45) is 0 Å². The van der Waals surface area contributed by atoms with Crippen LogP contribution in [0.25, 0.3) is 0 Å². The number of aromatic carboxylic acids is 1. The second-order valence-corrected chi connectivity index (χ2v) is 3.91. The summed E-state index contributed by atoms with van der Waals surface area (Å²) in [5.74, 6) is -2.36. The van der Waals surface area contributed by atoms with Gasteiger partial charge in [0.1, 0.15) is 11.4 Å². The maximum atomic E-state index is 13.4. The first kappa shape index (κ1) is 13.6. The third-order valence-electron chi connectivity index (χ3n) is 2.51. The fraction of sp³-hybridized carbons (Fsp3) is 0.0769. The van der Waals surface area contributed by atoms with Crippen LogP contribution in [0.4, 0.5) is 14.9 Å². The monoisotopic (exact) mass is 278 g/mol. The summed E-state index contributed by atoms with van der Waals surface area (Å²) in [7, 11) is 0. The number of nitrogens with one attached hydrogen (secondary N) is 2. The molecule has 104 valence electrons. The third kappa shape index (κ3) is 3.14.